The van der Waals surface area contributed by atoms with Gasteiger partial charge in [0.25, 0.3) is 0 Å². The third-order valence-corrected chi connectivity index (χ3v) is 3.96. The number of aromatic carboxylic acids is 1. The molecule has 0 aliphatic rings. The molecule has 0 saturated carbocycles. The smallest absolute Gasteiger partial charge is 0.390 e. The predicted octanol–water partition coefficient (Wildman–Crippen LogP) is 2.14. The minimum absolute atomic E-state index is 0.542. The van der Waals surface area contributed by atoms with E-state index < -0.39 is 50.9 Å². The quantitative estimate of drug-likeness (QED) is 0.811. The third-order valence-electron chi connectivity index (χ3n) is 2.37. The number of hydrogen-bond donors (Lipinski definition) is 2. The minimum atomic E-state index is -4.56. The average Bonchev–Trinajstić information content (AvgIpc) is 2.24. The summed E-state index contributed by atoms with van der Waals surface area (Å²) >= 11 is 0. The number of nitrogens with one attached hydrogen (secondary N) is 1. The van der Waals surface area contributed by atoms with Crippen molar-refractivity contribution in [1.29, 1.82) is 0 Å². The zero-order valence-electron chi connectivity index (χ0n) is 10.6. The summed E-state index contributed by atoms with van der Waals surface area (Å²) in [4.78, 5) is 10.1. The van der Waals surface area contributed by atoms with Crippen molar-refractivity contribution in [3.8, 4) is 0 Å². The fourth-order valence-electron chi connectivity index (χ4n) is 1.56. The monoisotopic (exact) mass is 329 g/mol. The van der Waals surface area contributed by atoms with E-state index in [9.17, 15) is 30.8 Å². The maximum absolute atomic E-state index is 13.1. The van der Waals surface area contributed by atoms with Crippen molar-refractivity contribution in [2.24, 2.45) is 0 Å². The Hall–Kier alpha value is -1.68. The van der Waals surface area contributed by atoms with Crippen LogP contribution in [-0.4, -0.2) is 31.7 Å². The highest BCUT2D eigenvalue weighted by Crippen LogP contribution is 2.22. The van der Waals surface area contributed by atoms with Gasteiger partial charge in [-0.3, -0.25) is 0 Å². The number of sulfonamides is 1. The summed E-state index contributed by atoms with van der Waals surface area (Å²) in [6.45, 7) is 1.01. The Balaban J connectivity index is 3.04. The molecule has 2 N–H and O–H groups in total. The molecule has 0 aliphatic carbocycles. The largest absolute Gasteiger partial charge is 0.478 e. The van der Waals surface area contributed by atoms with Crippen molar-refractivity contribution in [2.45, 2.75) is 30.5 Å². The van der Waals surface area contributed by atoms with Gasteiger partial charge in [0, 0.05) is 6.04 Å². The number of alkyl halides is 3. The molecular weight excluding hydrogens is 318 g/mol. The van der Waals surface area contributed by atoms with Crippen molar-refractivity contribution in [3.05, 3.63) is 29.6 Å². The molecule has 5 nitrogen and oxygen atoms in total. The van der Waals surface area contributed by atoms with Gasteiger partial charge < -0.3 is 5.11 Å². The SMILES string of the molecule is CC(CC(F)(F)F)NS(=O)(=O)c1ccc(F)c(C(=O)O)c1. The maximum atomic E-state index is 13.1. The lowest BCUT2D eigenvalue weighted by Gasteiger charge is -2.16. The number of carbonyl (C=O) groups is 1. The first-order valence-corrected chi connectivity index (χ1v) is 7.02. The van der Waals surface area contributed by atoms with Gasteiger partial charge in [-0.2, -0.15) is 13.2 Å². The van der Waals surface area contributed by atoms with Crippen LogP contribution in [0.3, 0.4) is 0 Å². The second-order valence-corrected chi connectivity index (χ2v) is 6.00. The van der Waals surface area contributed by atoms with Crippen LogP contribution in [0.15, 0.2) is 23.1 Å². The minimum Gasteiger partial charge on any atom is -0.478 e. The van der Waals surface area contributed by atoms with E-state index in [0.717, 1.165) is 13.0 Å². The zero-order valence-corrected chi connectivity index (χ0v) is 11.4. The van der Waals surface area contributed by atoms with Crippen molar-refractivity contribution >= 4 is 16.0 Å². The number of benzene rings is 1. The topological polar surface area (TPSA) is 83.5 Å². The fourth-order valence-corrected chi connectivity index (χ4v) is 2.83. The second kappa shape index (κ2) is 5.98. The number of halogens is 4. The van der Waals surface area contributed by atoms with Crippen LogP contribution < -0.4 is 4.72 Å². The molecule has 10 heteroatoms. The van der Waals surface area contributed by atoms with Gasteiger partial charge in [0.2, 0.25) is 10.0 Å². The molecule has 1 rings (SSSR count). The van der Waals surface area contributed by atoms with E-state index in [1.807, 2.05) is 0 Å². The highest BCUT2D eigenvalue weighted by atomic mass is 32.2. The molecule has 118 valence electrons. The van der Waals surface area contributed by atoms with Crippen molar-refractivity contribution in [3.63, 3.8) is 0 Å². The van der Waals surface area contributed by atoms with Crippen LogP contribution in [0.1, 0.15) is 23.7 Å². The Morgan fingerprint density at radius 3 is 2.43 bits per heavy atom. The summed E-state index contributed by atoms with van der Waals surface area (Å²) in [5, 5.41) is 8.69. The van der Waals surface area contributed by atoms with Crippen molar-refractivity contribution in [1.82, 2.24) is 4.72 Å². The van der Waals surface area contributed by atoms with Gasteiger partial charge in [-0.15, -0.1) is 0 Å². The van der Waals surface area contributed by atoms with Crippen molar-refractivity contribution < 1.29 is 35.9 Å². The first-order chi connectivity index (χ1) is 9.42. The van der Waals surface area contributed by atoms with Crippen LogP contribution in [0.25, 0.3) is 0 Å². The lowest BCUT2D eigenvalue weighted by Crippen LogP contribution is -2.36. The van der Waals surface area contributed by atoms with E-state index in [2.05, 4.69) is 0 Å². The van der Waals surface area contributed by atoms with Gasteiger partial charge in [-0.25, -0.2) is 22.3 Å². The summed E-state index contributed by atoms with van der Waals surface area (Å²) in [6, 6.07) is 0.477. The van der Waals surface area contributed by atoms with E-state index in [1.54, 1.807) is 4.72 Å². The van der Waals surface area contributed by atoms with Crippen LogP contribution in [0.4, 0.5) is 17.6 Å². The van der Waals surface area contributed by atoms with Crippen molar-refractivity contribution in [2.75, 3.05) is 0 Å². The Morgan fingerprint density at radius 1 is 1.38 bits per heavy atom. The van der Waals surface area contributed by atoms with Crippen LogP contribution in [-0.2, 0) is 10.0 Å². The van der Waals surface area contributed by atoms with Gasteiger partial charge >= 0.3 is 12.1 Å². The lowest BCUT2D eigenvalue weighted by molar-refractivity contribution is -0.137. The van der Waals surface area contributed by atoms with Gasteiger partial charge in [-0.1, -0.05) is 0 Å². The number of hydrogen-bond acceptors (Lipinski definition) is 3. The fraction of sp³-hybridized carbons (Fsp3) is 0.364. The summed E-state index contributed by atoms with van der Waals surface area (Å²) in [5.41, 5.74) is -0.888. The second-order valence-electron chi connectivity index (χ2n) is 4.29. The molecule has 1 aromatic rings. The predicted molar refractivity (Wildman–Crippen MR) is 63.8 cm³/mol. The molecule has 0 amide bonds. The van der Waals surface area contributed by atoms with E-state index >= 15 is 0 Å². The molecule has 0 spiro atoms. The number of carboxylic acids is 1. The molecular formula is C11H11F4NO4S. The first kappa shape index (κ1) is 17.4. The molecule has 1 unspecified atom stereocenters. The molecule has 0 heterocycles. The molecule has 0 aliphatic heterocycles. The summed E-state index contributed by atoms with van der Waals surface area (Å²) < 4.78 is 75.0. The standard InChI is InChI=1S/C11H11F4NO4S/c1-6(5-11(13,14)15)16-21(19,20)7-2-3-9(12)8(4-7)10(17)18/h2-4,6,16H,5H2,1H3,(H,17,18). The van der Waals surface area contributed by atoms with Crippen LogP contribution in [0.5, 0.6) is 0 Å². The van der Waals surface area contributed by atoms with Gasteiger partial charge in [0.05, 0.1) is 16.9 Å². The van der Waals surface area contributed by atoms with E-state index in [4.69, 9.17) is 5.11 Å². The Morgan fingerprint density at radius 2 is 1.95 bits per heavy atom. The van der Waals surface area contributed by atoms with Crippen LogP contribution in [0, 0.1) is 5.82 Å². The van der Waals surface area contributed by atoms with Crippen LogP contribution >= 0.6 is 0 Å². The molecule has 1 aromatic carbocycles. The normalized spacial score (nSPS) is 14.0. The van der Waals surface area contributed by atoms with E-state index in [1.165, 1.54) is 0 Å². The molecule has 0 aromatic heterocycles. The molecule has 0 saturated heterocycles. The molecule has 0 radical (unpaired) electrons. The first-order valence-electron chi connectivity index (χ1n) is 5.54. The van der Waals surface area contributed by atoms with E-state index in [-0.39, 0.29) is 0 Å². The van der Waals surface area contributed by atoms with Gasteiger partial charge in [-0.05, 0) is 25.1 Å². The van der Waals surface area contributed by atoms with Gasteiger partial charge in [0.1, 0.15) is 5.82 Å². The summed E-state index contributed by atoms with van der Waals surface area (Å²) in [7, 11) is -4.38. The Bertz CT molecular complexity index is 642. The van der Waals surface area contributed by atoms with E-state index in [0.29, 0.717) is 12.1 Å². The summed E-state index contributed by atoms with van der Waals surface area (Å²) in [5.74, 6) is -2.84. The molecule has 0 fully saturated rings. The van der Waals surface area contributed by atoms with Gasteiger partial charge in [0.15, 0.2) is 0 Å². The third kappa shape index (κ3) is 4.97. The molecule has 0 bridgehead atoms. The summed E-state index contributed by atoms with van der Waals surface area (Å²) in [6.07, 6.45) is -5.95. The molecule has 21 heavy (non-hydrogen) atoms. The molecule has 1 atom stereocenters. The highest BCUT2D eigenvalue weighted by molar-refractivity contribution is 7.89. The number of carboxylic acid groups (broad SMARTS) is 1. The maximum Gasteiger partial charge on any atom is 0.390 e. The van der Waals surface area contributed by atoms with Crippen LogP contribution in [0.2, 0.25) is 0 Å². The zero-order chi connectivity index (χ0) is 16.4. The Labute approximate surface area is 117 Å². The average molecular weight is 329 g/mol. The Kier molecular flexibility index (Phi) is 4.95. The highest BCUT2D eigenvalue weighted by Gasteiger charge is 2.32. The lowest BCUT2D eigenvalue weighted by atomic mass is 10.2. The number of rotatable bonds is 5.